The van der Waals surface area contributed by atoms with Gasteiger partial charge in [-0.25, -0.2) is 11.6 Å². The summed E-state index contributed by atoms with van der Waals surface area (Å²) in [6.45, 7) is 4.03. The normalized spacial score (nSPS) is 12.3. The summed E-state index contributed by atoms with van der Waals surface area (Å²) in [6.07, 6.45) is -0.563. The number of aliphatic hydroxyl groups is 1. The Morgan fingerprint density at radius 1 is 1.50 bits per heavy atom. The van der Waals surface area contributed by atoms with Crippen LogP contribution in [-0.2, 0) is 0 Å². The quantitative estimate of drug-likeness (QED) is 0.573. The van der Waals surface area contributed by atoms with Gasteiger partial charge in [0.15, 0.2) is 0 Å². The molecule has 0 fully saturated rings. The number of nitrogens with one attached hydrogen (secondary N) is 1. The van der Waals surface area contributed by atoms with Crippen LogP contribution in [0.4, 0.5) is 0 Å². The van der Waals surface area contributed by atoms with Crippen LogP contribution in [0.25, 0.3) is 0 Å². The van der Waals surface area contributed by atoms with E-state index in [1.807, 2.05) is 13.8 Å². The zero-order chi connectivity index (χ0) is 8.43. The maximum absolute atomic E-state index is 9.34. The fourth-order valence-electron chi connectivity index (χ4n) is 0.795. The number of hydrogen-bond acceptors (Lipinski definition) is 3. The monoisotopic (exact) mass is 408 g/mol. The minimum Gasteiger partial charge on any atom is -0.375 e. The third-order valence-corrected chi connectivity index (χ3v) is 2.78. The second kappa shape index (κ2) is 5.41. The van der Waals surface area contributed by atoms with Gasteiger partial charge in [-0.15, -0.1) is 4.88 Å². The van der Waals surface area contributed by atoms with Crippen LogP contribution >= 0.6 is 11.3 Å². The molecular weight excluding hydrogens is 396 g/mol. The van der Waals surface area contributed by atoms with Gasteiger partial charge in [0.2, 0.25) is 0 Å². The van der Waals surface area contributed by atoms with Gasteiger partial charge in [-0.1, -0.05) is 18.7 Å². The Morgan fingerprint density at radius 3 is 2.42 bits per heavy atom. The molecule has 0 bridgehead atoms. The molecule has 0 saturated carbocycles. The number of hydrogen-bond donors (Lipinski definition) is 2. The predicted octanol–water partition coefficient (Wildman–Crippen LogP) is 1.38. The molecule has 0 aliphatic heterocycles. The second-order valence-electron chi connectivity index (χ2n) is 2.46. The summed E-state index contributed by atoms with van der Waals surface area (Å²) in [4.78, 5) is 2.08. The molecule has 2 nitrogen and oxygen atoms in total. The van der Waals surface area contributed by atoms with Gasteiger partial charge < -0.3 is 5.11 Å². The molecule has 1 aromatic heterocycles. The Morgan fingerprint density at radius 2 is 2.08 bits per heavy atom. The Kier molecular flexibility index (Phi) is 5.72. The number of rotatable bonds is 2. The molecule has 4 heteroatoms. The first kappa shape index (κ1) is 12.7. The zero-order valence-electron chi connectivity index (χ0n) is 7.43. The van der Waals surface area contributed by atoms with Gasteiger partial charge in [-0.3, -0.25) is 16.7 Å². The van der Waals surface area contributed by atoms with Gasteiger partial charge in [0.1, 0.15) is 6.23 Å². The van der Waals surface area contributed by atoms with Crippen molar-refractivity contribution >= 4 is 11.3 Å². The summed E-state index contributed by atoms with van der Waals surface area (Å²) in [5.41, 5.74) is 1.12. The zero-order valence-corrected chi connectivity index (χ0v) is 12.4. The Balaban J connectivity index is 0.00000121. The van der Waals surface area contributed by atoms with Crippen LogP contribution in [-0.4, -0.2) is 12.2 Å². The summed E-state index contributed by atoms with van der Waals surface area (Å²) in [6, 6.07) is 3.10. The van der Waals surface area contributed by atoms with E-state index in [1.54, 1.807) is 18.4 Å². The molecule has 2 N–H and O–H groups in total. The van der Waals surface area contributed by atoms with Crippen LogP contribution in [0.15, 0.2) is 0 Å². The molecule has 0 saturated heterocycles. The molecule has 0 radical (unpaired) electrons. The minimum absolute atomic E-state index is 0. The first-order valence-electron chi connectivity index (χ1n) is 3.49. The average Bonchev–Trinajstić information content (AvgIpc) is 2.31. The minimum atomic E-state index is -0.563. The van der Waals surface area contributed by atoms with Crippen LogP contribution in [0.3, 0.4) is 0 Å². The number of thiophene rings is 1. The molecule has 1 rings (SSSR count). The van der Waals surface area contributed by atoms with E-state index in [2.05, 4.69) is 11.4 Å². The van der Waals surface area contributed by atoms with E-state index in [-0.39, 0.29) is 31.1 Å². The molecule has 0 spiro atoms. The third-order valence-electron chi connectivity index (χ3n) is 1.62. The molecule has 0 amide bonds. The molecule has 1 aromatic rings. The Labute approximate surface area is 101 Å². The largest absolute Gasteiger partial charge is 0.375 e. The molecule has 1 unspecified atom stereocenters. The van der Waals surface area contributed by atoms with Crippen molar-refractivity contribution in [2.45, 2.75) is 20.1 Å². The van der Waals surface area contributed by atoms with Crippen LogP contribution in [0.5, 0.6) is 0 Å². The fourth-order valence-corrected chi connectivity index (χ4v) is 1.76. The molecule has 0 aliphatic rings. The summed E-state index contributed by atoms with van der Waals surface area (Å²) in [7, 11) is 1.73. The molecule has 66 valence electrons. The Bertz CT molecular complexity index is 230. The van der Waals surface area contributed by atoms with Crippen LogP contribution in [0.1, 0.15) is 21.5 Å². The van der Waals surface area contributed by atoms with Crippen molar-refractivity contribution < 1.29 is 36.2 Å². The number of aliphatic hydroxyl groups excluding tert-OH is 1. The van der Waals surface area contributed by atoms with Crippen LogP contribution in [0.2, 0.25) is 0 Å². The predicted molar refractivity (Wildman–Crippen MR) is 46.6 cm³/mol. The first-order chi connectivity index (χ1) is 5.15. The van der Waals surface area contributed by atoms with Gasteiger partial charge in [0, 0.05) is 31.1 Å². The summed E-state index contributed by atoms with van der Waals surface area (Å²) in [5.74, 6) is 0. The molecule has 0 aromatic carbocycles. The maximum Gasteiger partial charge on any atom is 0.121 e. The van der Waals surface area contributed by atoms with Crippen LogP contribution in [0, 0.1) is 51.0 Å². The van der Waals surface area contributed by atoms with E-state index >= 15 is 0 Å². The van der Waals surface area contributed by atoms with Crippen molar-refractivity contribution in [3.05, 3.63) is 21.4 Å². The van der Waals surface area contributed by atoms with E-state index in [9.17, 15) is 5.11 Å². The summed E-state index contributed by atoms with van der Waals surface area (Å²) < 4.78 is 0. The maximum atomic E-state index is 9.34. The van der Waals surface area contributed by atoms with Crippen molar-refractivity contribution in [1.82, 2.24) is 5.32 Å². The SMILES string of the molecule is CNC(O)c1[c-]c(C)c(C)s1.[U]. The summed E-state index contributed by atoms with van der Waals surface area (Å²) in [5, 5.41) is 12.1. The standard InChI is InChI=1S/C8H12NOS.U/c1-5-4-7(8(10)9-3)11-6(5)2;/h8-10H,1-3H3;/q-1;. The van der Waals surface area contributed by atoms with E-state index < -0.39 is 6.23 Å². The number of aryl methyl sites for hydroxylation is 2. The van der Waals surface area contributed by atoms with Crippen molar-refractivity contribution in [2.75, 3.05) is 7.05 Å². The second-order valence-corrected chi connectivity index (χ2v) is 3.72. The van der Waals surface area contributed by atoms with Crippen molar-refractivity contribution in [2.24, 2.45) is 0 Å². The van der Waals surface area contributed by atoms with Gasteiger partial charge in [-0.2, -0.15) is 0 Å². The molecule has 0 aliphatic carbocycles. The average molecular weight is 408 g/mol. The smallest absolute Gasteiger partial charge is 0.121 e. The Hall–Kier alpha value is 0.672. The molecular formula is C8H12NOSU-. The molecule has 1 heterocycles. The van der Waals surface area contributed by atoms with Crippen LogP contribution < -0.4 is 5.32 Å². The van der Waals surface area contributed by atoms with Crippen molar-refractivity contribution in [1.29, 1.82) is 0 Å². The topological polar surface area (TPSA) is 32.3 Å². The third kappa shape index (κ3) is 2.86. The fraction of sp³-hybridized carbons (Fsp3) is 0.500. The van der Waals surface area contributed by atoms with E-state index in [0.29, 0.717) is 0 Å². The van der Waals surface area contributed by atoms with Gasteiger partial charge in [-0.05, 0) is 7.05 Å². The summed E-state index contributed by atoms with van der Waals surface area (Å²) >= 11 is 1.58. The van der Waals surface area contributed by atoms with Crippen molar-refractivity contribution in [3.8, 4) is 0 Å². The van der Waals surface area contributed by atoms with Gasteiger partial charge in [0.05, 0.1) is 0 Å². The van der Waals surface area contributed by atoms with Crippen molar-refractivity contribution in [3.63, 3.8) is 0 Å². The van der Waals surface area contributed by atoms with Gasteiger partial charge in [0.25, 0.3) is 0 Å². The molecule has 1 atom stereocenters. The van der Waals surface area contributed by atoms with E-state index in [4.69, 9.17) is 0 Å². The van der Waals surface area contributed by atoms with E-state index in [1.165, 1.54) is 4.88 Å². The first-order valence-corrected chi connectivity index (χ1v) is 4.31. The van der Waals surface area contributed by atoms with E-state index in [0.717, 1.165) is 10.4 Å². The van der Waals surface area contributed by atoms with Gasteiger partial charge >= 0.3 is 0 Å². The molecule has 12 heavy (non-hydrogen) atoms.